The Morgan fingerprint density at radius 1 is 1.32 bits per heavy atom. The summed E-state index contributed by atoms with van der Waals surface area (Å²) in [5.41, 5.74) is 7.45. The molecule has 0 atom stereocenters. The Hall–Kier alpha value is -2.49. The first-order valence-electron chi connectivity index (χ1n) is 5.90. The van der Waals surface area contributed by atoms with Crippen molar-refractivity contribution < 1.29 is 9.47 Å². The molecule has 0 saturated carbocycles. The van der Waals surface area contributed by atoms with Gasteiger partial charge < -0.3 is 15.2 Å². The Morgan fingerprint density at radius 3 is 2.79 bits per heavy atom. The second-order valence-electron chi connectivity index (χ2n) is 4.00. The van der Waals surface area contributed by atoms with Crippen LogP contribution in [0, 0.1) is 0 Å². The van der Waals surface area contributed by atoms with Crippen LogP contribution in [0.15, 0.2) is 49.2 Å². The standard InChI is InChI=1S/C15H16N2O2/c1-3-4-11-9-12(16)5-7-14(11)19-15-8-6-13(18-2)10-17-15/h3,5-10H,1,4,16H2,2H3. The van der Waals surface area contributed by atoms with Crippen LogP contribution in [0.25, 0.3) is 0 Å². The molecular formula is C15H16N2O2. The summed E-state index contributed by atoms with van der Waals surface area (Å²) in [5, 5.41) is 0. The number of pyridine rings is 1. The third-order valence-electron chi connectivity index (χ3n) is 2.61. The fourth-order valence-electron chi connectivity index (χ4n) is 1.67. The van der Waals surface area contributed by atoms with Crippen molar-refractivity contribution in [3.63, 3.8) is 0 Å². The van der Waals surface area contributed by atoms with Gasteiger partial charge in [0.2, 0.25) is 5.88 Å². The van der Waals surface area contributed by atoms with Gasteiger partial charge in [-0.05, 0) is 30.7 Å². The number of hydrogen-bond donors (Lipinski definition) is 1. The van der Waals surface area contributed by atoms with Gasteiger partial charge in [-0.1, -0.05) is 6.08 Å². The quantitative estimate of drug-likeness (QED) is 0.659. The first-order valence-corrected chi connectivity index (χ1v) is 5.90. The number of anilines is 1. The Bertz CT molecular complexity index is 565. The second kappa shape index (κ2) is 5.91. The molecule has 0 amide bonds. The summed E-state index contributed by atoms with van der Waals surface area (Å²) < 4.78 is 10.8. The summed E-state index contributed by atoms with van der Waals surface area (Å²) in [6, 6.07) is 9.06. The highest BCUT2D eigenvalue weighted by molar-refractivity contribution is 5.49. The van der Waals surface area contributed by atoms with E-state index in [4.69, 9.17) is 15.2 Å². The number of hydrogen-bond acceptors (Lipinski definition) is 4. The van der Waals surface area contributed by atoms with Gasteiger partial charge in [-0.2, -0.15) is 0 Å². The van der Waals surface area contributed by atoms with E-state index in [0.717, 1.165) is 11.3 Å². The van der Waals surface area contributed by atoms with E-state index in [2.05, 4.69) is 11.6 Å². The highest BCUT2D eigenvalue weighted by Gasteiger charge is 2.05. The highest BCUT2D eigenvalue weighted by Crippen LogP contribution is 2.27. The molecule has 0 spiro atoms. The molecule has 1 aromatic heterocycles. The minimum Gasteiger partial charge on any atom is -0.495 e. The van der Waals surface area contributed by atoms with Crippen LogP contribution in [-0.2, 0) is 6.42 Å². The predicted molar refractivity (Wildman–Crippen MR) is 75.6 cm³/mol. The normalized spacial score (nSPS) is 9.95. The smallest absolute Gasteiger partial charge is 0.219 e. The Morgan fingerprint density at radius 2 is 2.16 bits per heavy atom. The zero-order chi connectivity index (χ0) is 13.7. The fourth-order valence-corrected chi connectivity index (χ4v) is 1.67. The molecule has 2 aromatic rings. The number of aromatic nitrogens is 1. The Labute approximate surface area is 112 Å². The average molecular weight is 256 g/mol. The van der Waals surface area contributed by atoms with Gasteiger partial charge in [0.25, 0.3) is 0 Å². The molecule has 0 aliphatic carbocycles. The van der Waals surface area contributed by atoms with Gasteiger partial charge in [-0.15, -0.1) is 6.58 Å². The molecule has 0 aliphatic heterocycles. The van der Waals surface area contributed by atoms with Crippen LogP contribution in [-0.4, -0.2) is 12.1 Å². The molecule has 0 fully saturated rings. The van der Waals surface area contributed by atoms with Crippen LogP contribution in [0.5, 0.6) is 17.4 Å². The van der Waals surface area contributed by atoms with Crippen molar-refractivity contribution in [2.45, 2.75) is 6.42 Å². The maximum Gasteiger partial charge on any atom is 0.219 e. The van der Waals surface area contributed by atoms with Crippen molar-refractivity contribution in [1.29, 1.82) is 0 Å². The number of benzene rings is 1. The van der Waals surface area contributed by atoms with Gasteiger partial charge in [-0.3, -0.25) is 0 Å². The van der Waals surface area contributed by atoms with Crippen LogP contribution in [0.2, 0.25) is 0 Å². The van der Waals surface area contributed by atoms with Crippen LogP contribution in [0.4, 0.5) is 5.69 Å². The van der Waals surface area contributed by atoms with E-state index >= 15 is 0 Å². The third-order valence-corrected chi connectivity index (χ3v) is 2.61. The van der Waals surface area contributed by atoms with E-state index in [0.29, 0.717) is 23.7 Å². The number of ether oxygens (including phenoxy) is 2. The Kier molecular flexibility index (Phi) is 4.03. The summed E-state index contributed by atoms with van der Waals surface area (Å²) in [6.45, 7) is 3.73. The van der Waals surface area contributed by atoms with Gasteiger partial charge in [0.05, 0.1) is 13.3 Å². The summed E-state index contributed by atoms with van der Waals surface area (Å²) >= 11 is 0. The molecular weight excluding hydrogens is 240 g/mol. The van der Waals surface area contributed by atoms with E-state index in [1.54, 1.807) is 31.5 Å². The molecule has 1 heterocycles. The Balaban J connectivity index is 2.23. The molecule has 98 valence electrons. The first kappa shape index (κ1) is 13.0. The van der Waals surface area contributed by atoms with Crippen LogP contribution in [0.3, 0.4) is 0 Å². The van der Waals surface area contributed by atoms with E-state index in [9.17, 15) is 0 Å². The van der Waals surface area contributed by atoms with Gasteiger partial charge >= 0.3 is 0 Å². The van der Waals surface area contributed by atoms with E-state index in [1.165, 1.54) is 0 Å². The average Bonchev–Trinajstić information content (AvgIpc) is 2.43. The lowest BCUT2D eigenvalue weighted by Gasteiger charge is -2.10. The molecule has 19 heavy (non-hydrogen) atoms. The van der Waals surface area contributed by atoms with Gasteiger partial charge in [0.15, 0.2) is 0 Å². The lowest BCUT2D eigenvalue weighted by atomic mass is 10.1. The second-order valence-corrected chi connectivity index (χ2v) is 4.00. The number of allylic oxidation sites excluding steroid dienone is 1. The third kappa shape index (κ3) is 3.25. The SMILES string of the molecule is C=CCc1cc(N)ccc1Oc1ccc(OC)cn1. The molecule has 2 rings (SSSR count). The fraction of sp³-hybridized carbons (Fsp3) is 0.133. The van der Waals surface area contributed by atoms with Crippen molar-refractivity contribution >= 4 is 5.69 Å². The summed E-state index contributed by atoms with van der Waals surface area (Å²) in [6.07, 6.45) is 4.11. The molecule has 0 unspecified atom stereocenters. The van der Waals surface area contributed by atoms with Crippen molar-refractivity contribution in [3.8, 4) is 17.4 Å². The number of rotatable bonds is 5. The zero-order valence-corrected chi connectivity index (χ0v) is 10.8. The maximum atomic E-state index is 5.77. The van der Waals surface area contributed by atoms with Gasteiger partial charge in [0, 0.05) is 17.3 Å². The molecule has 1 aromatic carbocycles. The number of nitrogen functional groups attached to an aromatic ring is 1. The van der Waals surface area contributed by atoms with Gasteiger partial charge in [-0.25, -0.2) is 4.98 Å². The van der Waals surface area contributed by atoms with Crippen LogP contribution < -0.4 is 15.2 Å². The van der Waals surface area contributed by atoms with Crippen LogP contribution >= 0.6 is 0 Å². The summed E-state index contributed by atoms with van der Waals surface area (Å²) in [4.78, 5) is 4.16. The van der Waals surface area contributed by atoms with E-state index in [-0.39, 0.29) is 0 Å². The molecule has 0 radical (unpaired) electrons. The number of nitrogens with zero attached hydrogens (tertiary/aromatic N) is 1. The molecule has 4 nitrogen and oxygen atoms in total. The molecule has 0 saturated heterocycles. The maximum absolute atomic E-state index is 5.77. The monoisotopic (exact) mass is 256 g/mol. The topological polar surface area (TPSA) is 57.4 Å². The van der Waals surface area contributed by atoms with Gasteiger partial charge in [0.1, 0.15) is 11.5 Å². The number of methoxy groups -OCH3 is 1. The summed E-state index contributed by atoms with van der Waals surface area (Å²) in [5.74, 6) is 1.93. The van der Waals surface area contributed by atoms with Crippen molar-refractivity contribution in [3.05, 3.63) is 54.7 Å². The molecule has 4 heteroatoms. The molecule has 0 bridgehead atoms. The zero-order valence-electron chi connectivity index (χ0n) is 10.8. The minimum absolute atomic E-state index is 0.510. The molecule has 0 aliphatic rings. The van der Waals surface area contributed by atoms with E-state index < -0.39 is 0 Å². The van der Waals surface area contributed by atoms with Crippen molar-refractivity contribution in [1.82, 2.24) is 4.98 Å². The van der Waals surface area contributed by atoms with Crippen LogP contribution in [0.1, 0.15) is 5.56 Å². The lowest BCUT2D eigenvalue weighted by molar-refractivity contribution is 0.407. The molecule has 2 N–H and O–H groups in total. The highest BCUT2D eigenvalue weighted by atomic mass is 16.5. The number of nitrogens with two attached hydrogens (primary N) is 1. The van der Waals surface area contributed by atoms with E-state index in [1.807, 2.05) is 18.2 Å². The summed E-state index contributed by atoms with van der Waals surface area (Å²) in [7, 11) is 1.60. The first-order chi connectivity index (χ1) is 9.22. The lowest BCUT2D eigenvalue weighted by Crippen LogP contribution is -1.95. The minimum atomic E-state index is 0.510. The van der Waals surface area contributed by atoms with Crippen molar-refractivity contribution in [2.24, 2.45) is 0 Å². The predicted octanol–water partition coefficient (Wildman–Crippen LogP) is 3.19. The van der Waals surface area contributed by atoms with Crippen molar-refractivity contribution in [2.75, 3.05) is 12.8 Å². The largest absolute Gasteiger partial charge is 0.495 e.